The summed E-state index contributed by atoms with van der Waals surface area (Å²) in [4.78, 5) is 17.6. The van der Waals surface area contributed by atoms with Gasteiger partial charge in [-0.3, -0.25) is 4.79 Å². The molecule has 0 bridgehead atoms. The highest BCUT2D eigenvalue weighted by atomic mass is 32.1. The normalized spacial score (nSPS) is 24.5. The second-order valence-electron chi connectivity index (χ2n) is 6.45. The highest BCUT2D eigenvalue weighted by Crippen LogP contribution is 2.20. The van der Waals surface area contributed by atoms with Gasteiger partial charge >= 0.3 is 0 Å². The SMILES string of the molecule is CC1CC(C)CN(CC(C)NC(=O)c2ccc[nH]c2=S)C1. The predicted molar refractivity (Wildman–Crippen MR) is 87.9 cm³/mol. The number of pyridine rings is 1. The van der Waals surface area contributed by atoms with Crippen LogP contribution >= 0.6 is 12.2 Å². The zero-order valence-corrected chi connectivity index (χ0v) is 13.9. The number of aromatic amines is 1. The van der Waals surface area contributed by atoms with Crippen molar-refractivity contribution in [2.75, 3.05) is 19.6 Å². The van der Waals surface area contributed by atoms with E-state index in [1.54, 1.807) is 18.3 Å². The molecule has 1 aromatic rings. The molecule has 0 aliphatic carbocycles. The molecule has 21 heavy (non-hydrogen) atoms. The van der Waals surface area contributed by atoms with Gasteiger partial charge in [-0.15, -0.1) is 0 Å². The Bertz CT molecular complexity index is 532. The van der Waals surface area contributed by atoms with Crippen LogP contribution in [0.4, 0.5) is 0 Å². The Kier molecular flexibility index (Phi) is 5.53. The van der Waals surface area contributed by atoms with E-state index in [0.29, 0.717) is 10.2 Å². The van der Waals surface area contributed by atoms with Crippen molar-refractivity contribution < 1.29 is 4.79 Å². The molecule has 2 rings (SSSR count). The van der Waals surface area contributed by atoms with Gasteiger partial charge in [0.15, 0.2) is 0 Å². The highest BCUT2D eigenvalue weighted by Gasteiger charge is 2.23. The first-order valence-corrected chi connectivity index (χ1v) is 8.07. The van der Waals surface area contributed by atoms with E-state index in [-0.39, 0.29) is 11.9 Å². The predicted octanol–water partition coefficient (Wildman–Crippen LogP) is 2.84. The molecule has 1 fully saturated rings. The first-order chi connectivity index (χ1) is 9.95. The van der Waals surface area contributed by atoms with E-state index in [2.05, 4.69) is 36.0 Å². The van der Waals surface area contributed by atoms with E-state index >= 15 is 0 Å². The summed E-state index contributed by atoms with van der Waals surface area (Å²) < 4.78 is 0.488. The summed E-state index contributed by atoms with van der Waals surface area (Å²) in [6.45, 7) is 9.79. The smallest absolute Gasteiger partial charge is 0.254 e. The number of H-pyrrole nitrogens is 1. The van der Waals surface area contributed by atoms with Crippen molar-refractivity contribution in [2.24, 2.45) is 11.8 Å². The van der Waals surface area contributed by atoms with E-state index in [4.69, 9.17) is 12.2 Å². The molecule has 1 saturated heterocycles. The number of carbonyl (C=O) groups is 1. The van der Waals surface area contributed by atoms with Crippen molar-refractivity contribution in [2.45, 2.75) is 33.2 Å². The fraction of sp³-hybridized carbons (Fsp3) is 0.625. The van der Waals surface area contributed by atoms with Crippen LogP contribution in [0.2, 0.25) is 0 Å². The van der Waals surface area contributed by atoms with Gasteiger partial charge in [0.05, 0.1) is 5.56 Å². The van der Waals surface area contributed by atoms with Gasteiger partial charge in [-0.1, -0.05) is 26.1 Å². The topological polar surface area (TPSA) is 48.1 Å². The van der Waals surface area contributed by atoms with E-state index in [0.717, 1.165) is 31.5 Å². The number of hydrogen-bond acceptors (Lipinski definition) is 3. The van der Waals surface area contributed by atoms with Crippen LogP contribution in [0, 0.1) is 16.5 Å². The summed E-state index contributed by atoms with van der Waals surface area (Å²) in [5.74, 6) is 1.38. The van der Waals surface area contributed by atoms with Crippen LogP contribution in [-0.2, 0) is 0 Å². The van der Waals surface area contributed by atoms with Crippen LogP contribution in [0.3, 0.4) is 0 Å². The van der Waals surface area contributed by atoms with Gasteiger partial charge in [0.25, 0.3) is 5.91 Å². The van der Waals surface area contributed by atoms with E-state index in [9.17, 15) is 4.79 Å². The Labute approximate surface area is 131 Å². The molecule has 1 amide bonds. The Morgan fingerprint density at radius 3 is 2.76 bits per heavy atom. The molecule has 0 aromatic carbocycles. The van der Waals surface area contributed by atoms with Gasteiger partial charge < -0.3 is 15.2 Å². The van der Waals surface area contributed by atoms with Crippen molar-refractivity contribution in [1.29, 1.82) is 0 Å². The third-order valence-corrected chi connectivity index (χ3v) is 4.25. The molecule has 3 unspecified atom stereocenters. The summed E-state index contributed by atoms with van der Waals surface area (Å²) in [7, 11) is 0. The molecule has 5 heteroatoms. The monoisotopic (exact) mass is 307 g/mol. The first-order valence-electron chi connectivity index (χ1n) is 7.66. The van der Waals surface area contributed by atoms with E-state index < -0.39 is 0 Å². The van der Waals surface area contributed by atoms with Gasteiger partial charge in [0.1, 0.15) is 4.64 Å². The molecule has 4 nitrogen and oxygen atoms in total. The zero-order valence-electron chi connectivity index (χ0n) is 13.1. The van der Waals surface area contributed by atoms with Crippen molar-refractivity contribution in [3.63, 3.8) is 0 Å². The fourth-order valence-corrected chi connectivity index (χ4v) is 3.50. The average molecular weight is 307 g/mol. The Balaban J connectivity index is 1.90. The van der Waals surface area contributed by atoms with Crippen LogP contribution in [0.1, 0.15) is 37.6 Å². The lowest BCUT2D eigenvalue weighted by Crippen LogP contribution is -2.47. The molecule has 3 atom stereocenters. The number of likely N-dealkylation sites (tertiary alicyclic amines) is 1. The first kappa shape index (κ1) is 16.2. The second-order valence-corrected chi connectivity index (χ2v) is 6.86. The summed E-state index contributed by atoms with van der Waals surface area (Å²) in [6, 6.07) is 3.67. The maximum atomic E-state index is 12.2. The molecular weight excluding hydrogens is 282 g/mol. The Morgan fingerprint density at radius 1 is 1.48 bits per heavy atom. The molecule has 116 valence electrons. The molecular formula is C16H25N3OS. The quantitative estimate of drug-likeness (QED) is 0.841. The lowest BCUT2D eigenvalue weighted by molar-refractivity contribution is 0.0904. The van der Waals surface area contributed by atoms with Gasteiger partial charge in [-0.05, 0) is 37.3 Å². The van der Waals surface area contributed by atoms with Gasteiger partial charge in [-0.2, -0.15) is 0 Å². The summed E-state index contributed by atoms with van der Waals surface area (Å²) in [5.41, 5.74) is 0.541. The highest BCUT2D eigenvalue weighted by molar-refractivity contribution is 7.71. The number of aromatic nitrogens is 1. The van der Waals surface area contributed by atoms with Crippen LogP contribution in [0.15, 0.2) is 18.3 Å². The lowest BCUT2D eigenvalue weighted by Gasteiger charge is -2.36. The molecule has 2 N–H and O–H groups in total. The number of piperidine rings is 1. The van der Waals surface area contributed by atoms with Crippen LogP contribution in [-0.4, -0.2) is 41.5 Å². The number of amides is 1. The van der Waals surface area contributed by atoms with Gasteiger partial charge in [-0.25, -0.2) is 0 Å². The van der Waals surface area contributed by atoms with Crippen molar-refractivity contribution in [3.8, 4) is 0 Å². The molecule has 1 aliphatic heterocycles. The molecule has 0 spiro atoms. The van der Waals surface area contributed by atoms with Crippen LogP contribution in [0.5, 0.6) is 0 Å². The van der Waals surface area contributed by atoms with Crippen molar-refractivity contribution in [3.05, 3.63) is 28.5 Å². The largest absolute Gasteiger partial charge is 0.352 e. The molecule has 1 aromatic heterocycles. The number of hydrogen-bond donors (Lipinski definition) is 2. The minimum atomic E-state index is -0.0949. The maximum Gasteiger partial charge on any atom is 0.254 e. The standard InChI is InChI=1S/C16H25N3OS/c1-11-7-12(2)9-19(8-11)10-13(3)18-15(20)14-5-4-6-17-16(14)21/h4-6,11-13H,7-10H2,1-3H3,(H,17,21)(H,18,20). The minimum absolute atomic E-state index is 0.0949. The van der Waals surface area contributed by atoms with Crippen molar-refractivity contribution >= 4 is 18.1 Å². The third kappa shape index (κ3) is 4.64. The number of rotatable bonds is 4. The number of nitrogens with one attached hydrogen (secondary N) is 2. The Morgan fingerprint density at radius 2 is 2.14 bits per heavy atom. The lowest BCUT2D eigenvalue weighted by atomic mass is 9.92. The average Bonchev–Trinajstić information content (AvgIpc) is 2.37. The third-order valence-electron chi connectivity index (χ3n) is 3.92. The fourth-order valence-electron chi connectivity index (χ4n) is 3.28. The number of nitrogens with zero attached hydrogens (tertiary/aromatic N) is 1. The van der Waals surface area contributed by atoms with E-state index in [1.807, 2.05) is 0 Å². The molecule has 0 saturated carbocycles. The maximum absolute atomic E-state index is 12.2. The second kappa shape index (κ2) is 7.18. The number of carbonyl (C=O) groups excluding carboxylic acids is 1. The summed E-state index contributed by atoms with van der Waals surface area (Å²) in [6.07, 6.45) is 3.04. The van der Waals surface area contributed by atoms with Crippen LogP contribution in [0.25, 0.3) is 0 Å². The molecule has 1 aliphatic rings. The Hall–Kier alpha value is -1.20. The van der Waals surface area contributed by atoms with Gasteiger partial charge in [0.2, 0.25) is 0 Å². The molecule has 2 heterocycles. The van der Waals surface area contributed by atoms with Gasteiger partial charge in [0, 0.05) is 31.9 Å². The summed E-state index contributed by atoms with van der Waals surface area (Å²) in [5, 5.41) is 3.05. The zero-order chi connectivity index (χ0) is 15.4. The minimum Gasteiger partial charge on any atom is -0.352 e. The van der Waals surface area contributed by atoms with E-state index in [1.165, 1.54) is 6.42 Å². The molecule has 0 radical (unpaired) electrons. The van der Waals surface area contributed by atoms with Crippen molar-refractivity contribution in [1.82, 2.24) is 15.2 Å². The summed E-state index contributed by atoms with van der Waals surface area (Å²) >= 11 is 5.15. The van der Waals surface area contributed by atoms with Crippen LogP contribution < -0.4 is 5.32 Å².